The number of likely N-dealkylation sites (N-methyl/N-ethyl adjacent to an activating group) is 1. The number of likely N-dealkylation sites (tertiary alicyclic amines) is 1. The maximum absolute atomic E-state index is 5.78. The molecule has 2 saturated heterocycles. The number of nitrogens with zero attached hydrogens (tertiary/aromatic N) is 2. The van der Waals surface area contributed by atoms with Crippen LogP contribution in [0.2, 0.25) is 0 Å². The van der Waals surface area contributed by atoms with Crippen molar-refractivity contribution in [2.24, 2.45) is 0 Å². The van der Waals surface area contributed by atoms with Gasteiger partial charge in [-0.15, -0.1) is 0 Å². The van der Waals surface area contributed by atoms with Gasteiger partial charge in [0.15, 0.2) is 5.11 Å². The summed E-state index contributed by atoms with van der Waals surface area (Å²) in [6.45, 7) is 8.30. The molecule has 138 valence electrons. The fourth-order valence-corrected chi connectivity index (χ4v) is 4.32. The van der Waals surface area contributed by atoms with Crippen molar-refractivity contribution in [3.05, 3.63) is 29.3 Å². The highest BCUT2D eigenvalue weighted by atomic mass is 32.1. The highest BCUT2D eigenvalue weighted by Crippen LogP contribution is 2.20. The highest BCUT2D eigenvalue weighted by molar-refractivity contribution is 7.80. The third-order valence-electron chi connectivity index (χ3n) is 5.36. The zero-order valence-corrected chi connectivity index (χ0v) is 16.6. The molecule has 2 aliphatic rings. The van der Waals surface area contributed by atoms with Crippen LogP contribution in [0.1, 0.15) is 36.8 Å². The molecule has 0 amide bonds. The summed E-state index contributed by atoms with van der Waals surface area (Å²) in [6.07, 6.45) is 5.20. The number of benzene rings is 1. The van der Waals surface area contributed by atoms with Crippen molar-refractivity contribution in [3.63, 3.8) is 0 Å². The van der Waals surface area contributed by atoms with Gasteiger partial charge in [0.25, 0.3) is 0 Å². The monoisotopic (exact) mass is 361 g/mol. The highest BCUT2D eigenvalue weighted by Gasteiger charge is 2.26. The molecule has 1 aromatic carbocycles. The molecule has 0 radical (unpaired) electrons. The summed E-state index contributed by atoms with van der Waals surface area (Å²) in [6, 6.07) is 7.14. The largest absolute Gasteiger partial charge is 0.377 e. The van der Waals surface area contributed by atoms with Crippen LogP contribution < -0.4 is 5.32 Å². The Kier molecular flexibility index (Phi) is 6.31. The molecule has 5 heteroatoms. The molecule has 4 nitrogen and oxygen atoms in total. The molecule has 2 heterocycles. The number of piperidine rings is 1. The normalized spacial score (nSPS) is 21.8. The number of rotatable bonds is 4. The fraction of sp³-hybridized carbons (Fsp3) is 0.650. The molecule has 1 N–H and O–H groups in total. The van der Waals surface area contributed by atoms with Crippen molar-refractivity contribution in [1.82, 2.24) is 9.80 Å². The first kappa shape index (κ1) is 18.6. The van der Waals surface area contributed by atoms with E-state index in [0.717, 1.165) is 49.9 Å². The minimum absolute atomic E-state index is 0.440. The first-order chi connectivity index (χ1) is 12.0. The molecule has 0 spiro atoms. The predicted molar refractivity (Wildman–Crippen MR) is 108 cm³/mol. The van der Waals surface area contributed by atoms with Gasteiger partial charge in [-0.1, -0.05) is 6.07 Å². The number of thiocarbonyl (C=S) groups is 1. The number of ether oxygens (including phenoxy) is 1. The summed E-state index contributed by atoms with van der Waals surface area (Å²) in [5, 5.41) is 4.27. The Labute approximate surface area is 157 Å². The average Bonchev–Trinajstić information content (AvgIpc) is 3.07. The van der Waals surface area contributed by atoms with Gasteiger partial charge >= 0.3 is 0 Å². The second-order valence-electron chi connectivity index (χ2n) is 7.60. The van der Waals surface area contributed by atoms with Crippen LogP contribution in [0.15, 0.2) is 18.2 Å². The van der Waals surface area contributed by atoms with Gasteiger partial charge < -0.3 is 19.9 Å². The number of hydrogen-bond donors (Lipinski definition) is 1. The standard InChI is InChI=1S/C20H31N3OS/c1-15-11-16(2)13-17(12-15)21-20(25)23-8-6-18(7-9-23)22(3)14-19-5-4-10-24-19/h11-13,18-19H,4-10,14H2,1-3H3,(H,21,25)/t19-/m1/s1. The topological polar surface area (TPSA) is 27.7 Å². The SMILES string of the molecule is Cc1cc(C)cc(NC(=S)N2CCC(N(C)C[C@H]3CCCO3)CC2)c1. The molecular formula is C20H31N3OS. The fourth-order valence-electron chi connectivity index (χ4n) is 4.02. The van der Waals surface area contributed by atoms with Gasteiger partial charge in [-0.3, -0.25) is 0 Å². The Bertz CT molecular complexity index is 572. The maximum Gasteiger partial charge on any atom is 0.173 e. The summed E-state index contributed by atoms with van der Waals surface area (Å²) in [5.41, 5.74) is 3.62. The van der Waals surface area contributed by atoms with Gasteiger partial charge in [-0.25, -0.2) is 0 Å². The van der Waals surface area contributed by atoms with E-state index < -0.39 is 0 Å². The second-order valence-corrected chi connectivity index (χ2v) is 7.99. The minimum Gasteiger partial charge on any atom is -0.377 e. The van der Waals surface area contributed by atoms with Crippen LogP contribution in [-0.4, -0.2) is 60.3 Å². The molecule has 0 unspecified atom stereocenters. The van der Waals surface area contributed by atoms with E-state index in [9.17, 15) is 0 Å². The maximum atomic E-state index is 5.78. The van der Waals surface area contributed by atoms with E-state index in [4.69, 9.17) is 17.0 Å². The van der Waals surface area contributed by atoms with E-state index in [1.165, 1.54) is 24.0 Å². The molecule has 0 aromatic heterocycles. The predicted octanol–water partition coefficient (Wildman–Crippen LogP) is 3.58. The third kappa shape index (κ3) is 5.16. The molecule has 2 aliphatic heterocycles. The molecule has 1 aromatic rings. The lowest BCUT2D eigenvalue weighted by molar-refractivity contribution is 0.0576. The van der Waals surface area contributed by atoms with Gasteiger partial charge in [0, 0.05) is 38.0 Å². The number of anilines is 1. The van der Waals surface area contributed by atoms with Crippen molar-refractivity contribution >= 4 is 23.0 Å². The molecule has 0 bridgehead atoms. The van der Waals surface area contributed by atoms with Crippen LogP contribution in [0.3, 0.4) is 0 Å². The Morgan fingerprint density at radius 3 is 2.48 bits per heavy atom. The Balaban J connectivity index is 1.47. The van der Waals surface area contributed by atoms with Crippen LogP contribution in [-0.2, 0) is 4.74 Å². The Morgan fingerprint density at radius 2 is 1.88 bits per heavy atom. The molecule has 1 atom stereocenters. The van der Waals surface area contributed by atoms with Crippen molar-refractivity contribution in [3.8, 4) is 0 Å². The second kappa shape index (κ2) is 8.47. The number of nitrogens with one attached hydrogen (secondary N) is 1. The summed E-state index contributed by atoms with van der Waals surface area (Å²) < 4.78 is 5.78. The van der Waals surface area contributed by atoms with Crippen LogP contribution in [0.25, 0.3) is 0 Å². The zero-order chi connectivity index (χ0) is 17.8. The van der Waals surface area contributed by atoms with E-state index in [0.29, 0.717) is 12.1 Å². The first-order valence-electron chi connectivity index (χ1n) is 9.47. The van der Waals surface area contributed by atoms with E-state index in [1.807, 2.05) is 0 Å². The number of aryl methyl sites for hydroxylation is 2. The average molecular weight is 362 g/mol. The van der Waals surface area contributed by atoms with E-state index >= 15 is 0 Å². The lowest BCUT2D eigenvalue weighted by Gasteiger charge is -2.38. The molecule has 25 heavy (non-hydrogen) atoms. The summed E-state index contributed by atoms with van der Waals surface area (Å²) in [5.74, 6) is 0. The summed E-state index contributed by atoms with van der Waals surface area (Å²) >= 11 is 5.64. The van der Waals surface area contributed by atoms with Crippen molar-refractivity contribution in [1.29, 1.82) is 0 Å². The molecule has 2 fully saturated rings. The van der Waals surface area contributed by atoms with E-state index in [1.54, 1.807) is 0 Å². The van der Waals surface area contributed by atoms with Crippen LogP contribution in [0.4, 0.5) is 5.69 Å². The van der Waals surface area contributed by atoms with Crippen molar-refractivity contribution in [2.45, 2.75) is 51.7 Å². The minimum atomic E-state index is 0.440. The van der Waals surface area contributed by atoms with Gasteiger partial charge in [0.2, 0.25) is 0 Å². The summed E-state index contributed by atoms with van der Waals surface area (Å²) in [7, 11) is 2.24. The van der Waals surface area contributed by atoms with Gasteiger partial charge in [-0.2, -0.15) is 0 Å². The number of hydrogen-bond acceptors (Lipinski definition) is 3. The van der Waals surface area contributed by atoms with Crippen molar-refractivity contribution in [2.75, 3.05) is 38.6 Å². The summed E-state index contributed by atoms with van der Waals surface area (Å²) in [4.78, 5) is 4.80. The van der Waals surface area contributed by atoms with E-state index in [-0.39, 0.29) is 0 Å². The third-order valence-corrected chi connectivity index (χ3v) is 5.72. The smallest absolute Gasteiger partial charge is 0.173 e. The Morgan fingerprint density at radius 1 is 1.20 bits per heavy atom. The molecule has 3 rings (SSSR count). The lowest BCUT2D eigenvalue weighted by Crippen LogP contribution is -2.48. The van der Waals surface area contributed by atoms with Crippen molar-refractivity contribution < 1.29 is 4.74 Å². The molecule has 0 aliphatic carbocycles. The molecular weight excluding hydrogens is 330 g/mol. The van der Waals surface area contributed by atoms with Gasteiger partial charge in [-0.05, 0) is 82.1 Å². The first-order valence-corrected chi connectivity index (χ1v) is 9.88. The van der Waals surface area contributed by atoms with Crippen LogP contribution in [0.5, 0.6) is 0 Å². The quantitative estimate of drug-likeness (QED) is 0.828. The van der Waals surface area contributed by atoms with E-state index in [2.05, 4.69) is 54.2 Å². The zero-order valence-electron chi connectivity index (χ0n) is 15.8. The Hall–Kier alpha value is -1.17. The molecule has 0 saturated carbocycles. The lowest BCUT2D eigenvalue weighted by atomic mass is 10.0. The van der Waals surface area contributed by atoms with Crippen LogP contribution >= 0.6 is 12.2 Å². The van der Waals surface area contributed by atoms with Gasteiger partial charge in [0.05, 0.1) is 6.10 Å². The van der Waals surface area contributed by atoms with Crippen LogP contribution in [0, 0.1) is 13.8 Å². The van der Waals surface area contributed by atoms with Gasteiger partial charge in [0.1, 0.15) is 0 Å².